The van der Waals surface area contributed by atoms with Gasteiger partial charge in [-0.25, -0.2) is 19.2 Å². The maximum atomic E-state index is 16.8. The number of nitrogen functional groups attached to an aromatic ring is 1. The number of alkyl halides is 1. The van der Waals surface area contributed by atoms with Crippen LogP contribution in [-0.4, -0.2) is 151 Å². The van der Waals surface area contributed by atoms with Gasteiger partial charge in [-0.3, -0.25) is 9.59 Å². The fourth-order valence-corrected chi connectivity index (χ4v) is 8.37. The molecular formula is C41H61FN8O11. The summed E-state index contributed by atoms with van der Waals surface area (Å²) in [4.78, 5) is 61.1. The number of halogens is 1. The number of Topliss-reactive ketones (excluding diaryl/α,β-unsaturated/α-hetero) is 1. The van der Waals surface area contributed by atoms with E-state index in [-0.39, 0.29) is 50.4 Å². The molecular weight excluding hydrogens is 799 g/mol. The molecule has 4 N–H and O–H groups in total. The number of ketones is 1. The Morgan fingerprint density at radius 2 is 1.80 bits per heavy atom. The van der Waals surface area contributed by atoms with Gasteiger partial charge in [0, 0.05) is 42.3 Å². The van der Waals surface area contributed by atoms with Crippen LogP contribution in [0.4, 0.5) is 10.3 Å². The Morgan fingerprint density at radius 3 is 2.41 bits per heavy atom. The van der Waals surface area contributed by atoms with Crippen molar-refractivity contribution in [2.24, 2.45) is 27.9 Å². The molecule has 0 aliphatic carbocycles. The first-order valence-corrected chi connectivity index (χ1v) is 20.6. The number of aliphatic hydroxyl groups excluding tert-OH is 1. The number of aliphatic hydroxyl groups is 2. The van der Waals surface area contributed by atoms with Crippen LogP contribution < -0.4 is 5.73 Å². The number of esters is 1. The number of amides is 1. The van der Waals surface area contributed by atoms with Gasteiger partial charge in [-0.05, 0) is 66.1 Å². The summed E-state index contributed by atoms with van der Waals surface area (Å²) in [7, 11) is 3.62. The number of likely N-dealkylation sites (N-methyl/N-ethyl adjacent to an activating group) is 1. The molecule has 3 aliphatic heterocycles. The number of cyclic esters (lactones) is 1. The number of hydrogen-bond acceptors (Lipinski definition) is 17. The lowest BCUT2D eigenvalue weighted by Gasteiger charge is -2.44. The number of fused-ring (bicyclic) bond motifs is 5. The predicted molar refractivity (Wildman–Crippen MR) is 218 cm³/mol. The molecule has 5 heterocycles. The number of rotatable bonds is 8. The number of nitrogens with zero attached hydrogens (tertiary/aromatic N) is 7. The summed E-state index contributed by atoms with van der Waals surface area (Å²) in [6.07, 6.45) is -4.69. The SMILES string of the molecule is CC[C@H]1OC(=O)[C@@](C)(F)C(=O)[C@H](C)[C@@H](O[C@@H]2O[C@H](C)C[C@H](N(C)C)[C@H]2O)[C@H]2C[C@@H](C)C(=NC(C)=O)[C@H](C)[C@H](OC/C(=N\OCc3ccc(-n4ncnc4N)nc3)CO2)[C@]1(C)O. The van der Waals surface area contributed by atoms with Crippen LogP contribution in [0.15, 0.2) is 34.8 Å². The number of carbonyl (C=O) groups is 3. The summed E-state index contributed by atoms with van der Waals surface area (Å²) in [5.74, 6) is -5.47. The van der Waals surface area contributed by atoms with Gasteiger partial charge >= 0.3 is 5.97 Å². The molecule has 2 aromatic heterocycles. The monoisotopic (exact) mass is 860 g/mol. The number of nitrogens with two attached hydrogens (primary N) is 1. The fraction of sp³-hybridized carbons (Fsp3) is 0.707. The van der Waals surface area contributed by atoms with Crippen LogP contribution >= 0.6 is 0 Å². The van der Waals surface area contributed by atoms with Gasteiger partial charge in [0.1, 0.15) is 36.5 Å². The quantitative estimate of drug-likeness (QED) is 0.196. The highest BCUT2D eigenvalue weighted by atomic mass is 19.1. The molecule has 0 spiro atoms. The van der Waals surface area contributed by atoms with Crippen molar-refractivity contribution in [3.63, 3.8) is 0 Å². The molecule has 0 aromatic carbocycles. The van der Waals surface area contributed by atoms with Gasteiger partial charge in [-0.2, -0.15) is 14.8 Å². The fourth-order valence-electron chi connectivity index (χ4n) is 8.37. The van der Waals surface area contributed by atoms with Crippen molar-refractivity contribution in [2.75, 3.05) is 33.0 Å². The summed E-state index contributed by atoms with van der Waals surface area (Å²) < 4.78 is 49.6. The van der Waals surface area contributed by atoms with Crippen molar-refractivity contribution in [1.82, 2.24) is 24.6 Å². The Labute approximate surface area is 355 Å². The molecule has 0 saturated carbocycles. The van der Waals surface area contributed by atoms with E-state index in [2.05, 4.69) is 25.2 Å². The van der Waals surface area contributed by atoms with Crippen LogP contribution in [0.1, 0.15) is 80.2 Å². The Kier molecular flexibility index (Phi) is 15.5. The second-order valence-electron chi connectivity index (χ2n) is 16.9. The minimum atomic E-state index is -3.21. The number of aromatic nitrogens is 4. The first-order chi connectivity index (χ1) is 28.7. The molecule has 19 nitrogen and oxygen atoms in total. The average molecular weight is 861 g/mol. The molecule has 0 radical (unpaired) electrons. The van der Waals surface area contributed by atoms with Crippen molar-refractivity contribution in [3.05, 3.63) is 30.2 Å². The molecule has 2 bridgehead atoms. The number of oxime groups is 1. The second kappa shape index (κ2) is 19.8. The Bertz CT molecular complexity index is 1910. The molecule has 5 rings (SSSR count). The van der Waals surface area contributed by atoms with Crippen molar-refractivity contribution in [1.29, 1.82) is 0 Å². The first-order valence-electron chi connectivity index (χ1n) is 20.6. The Hall–Kier alpha value is -4.31. The number of pyridine rings is 1. The van der Waals surface area contributed by atoms with Crippen molar-refractivity contribution in [3.8, 4) is 5.82 Å². The predicted octanol–water partition coefficient (Wildman–Crippen LogP) is 2.38. The Balaban J connectivity index is 1.62. The van der Waals surface area contributed by atoms with E-state index >= 15 is 4.39 Å². The largest absolute Gasteiger partial charge is 0.457 e. The van der Waals surface area contributed by atoms with E-state index < -0.39 is 89.5 Å². The smallest absolute Gasteiger partial charge is 0.351 e. The molecule has 0 unspecified atom stereocenters. The zero-order chi connectivity index (χ0) is 45.0. The average Bonchev–Trinajstić information content (AvgIpc) is 3.63. The van der Waals surface area contributed by atoms with E-state index in [1.165, 1.54) is 31.8 Å². The van der Waals surface area contributed by atoms with E-state index in [1.54, 1.807) is 39.1 Å². The van der Waals surface area contributed by atoms with Gasteiger partial charge in [0.15, 0.2) is 17.9 Å². The van der Waals surface area contributed by atoms with E-state index in [0.29, 0.717) is 23.5 Å². The zero-order valence-corrected chi connectivity index (χ0v) is 36.6. The molecule has 3 fully saturated rings. The van der Waals surface area contributed by atoms with Gasteiger partial charge in [0.2, 0.25) is 11.9 Å². The second-order valence-corrected chi connectivity index (χ2v) is 16.9. The molecule has 20 heteroatoms. The summed E-state index contributed by atoms with van der Waals surface area (Å²) in [6, 6.07) is 3.02. The van der Waals surface area contributed by atoms with Crippen molar-refractivity contribution < 1.29 is 57.5 Å². The van der Waals surface area contributed by atoms with Gasteiger partial charge in [0.05, 0.1) is 37.6 Å². The minimum Gasteiger partial charge on any atom is -0.457 e. The lowest BCUT2D eigenvalue weighted by Crippen LogP contribution is -2.59. The topological polar surface area (TPSA) is 245 Å². The van der Waals surface area contributed by atoms with Crippen molar-refractivity contribution >= 4 is 35.0 Å². The van der Waals surface area contributed by atoms with E-state index in [4.69, 9.17) is 34.3 Å². The minimum absolute atomic E-state index is 0.0146. The summed E-state index contributed by atoms with van der Waals surface area (Å²) >= 11 is 0. The lowest BCUT2D eigenvalue weighted by molar-refractivity contribution is -0.284. The standard InChI is InChI=1S/C41H61FN8O11/c1-11-30-41(8,55)36-23(4)32(47-25(6)51)21(2)14-29(56-18-27(19-57-36)48-58-17-26-12-13-31(44-16-26)50-39(43)45-20-46-50)34(24(5)35(53)40(7,42)38(54)60-30)61-37-33(52)28(49(9)10)15-22(3)59-37/h12-13,16,20-24,28-30,33-34,36-37,52,55H,11,14-15,17-19H2,1-10H3,(H2,43,45,46)/b47-32?,48-27-/t21-,22-,23+,24-,28+,29-,30-,33-,34-,36+,37+,40+,41-/m1/s1. The molecule has 3 saturated heterocycles. The normalized spacial score (nSPS) is 37.2. The highest BCUT2D eigenvalue weighted by Gasteiger charge is 2.54. The first kappa shape index (κ1) is 47.7. The molecule has 338 valence electrons. The van der Waals surface area contributed by atoms with Crippen LogP contribution in [0.2, 0.25) is 0 Å². The third-order valence-corrected chi connectivity index (χ3v) is 11.8. The van der Waals surface area contributed by atoms with Gasteiger partial charge in [0.25, 0.3) is 5.67 Å². The van der Waals surface area contributed by atoms with Crippen molar-refractivity contribution in [2.45, 2.75) is 141 Å². The highest BCUT2D eigenvalue weighted by molar-refractivity contribution is 6.08. The number of ether oxygens (including phenoxy) is 5. The molecule has 61 heavy (non-hydrogen) atoms. The van der Waals surface area contributed by atoms with E-state index in [1.807, 2.05) is 25.9 Å². The maximum absolute atomic E-state index is 16.8. The maximum Gasteiger partial charge on any atom is 0.351 e. The van der Waals surface area contributed by atoms with Gasteiger partial charge in [-0.1, -0.05) is 38.9 Å². The van der Waals surface area contributed by atoms with Gasteiger partial charge < -0.3 is 49.4 Å². The molecule has 1 amide bonds. The summed E-state index contributed by atoms with van der Waals surface area (Å²) in [5, 5.41) is 32.3. The third-order valence-electron chi connectivity index (χ3n) is 11.8. The number of aliphatic imine (C=N–C) groups is 1. The van der Waals surface area contributed by atoms with Crippen LogP contribution in [0.5, 0.6) is 0 Å². The number of anilines is 1. The zero-order valence-electron chi connectivity index (χ0n) is 36.6. The van der Waals surface area contributed by atoms with Crippen LogP contribution in [0.25, 0.3) is 5.82 Å². The number of hydrogen-bond donors (Lipinski definition) is 3. The number of carbonyl (C=O) groups excluding carboxylic acids is 3. The van der Waals surface area contributed by atoms with Crippen LogP contribution in [0.3, 0.4) is 0 Å². The summed E-state index contributed by atoms with van der Waals surface area (Å²) in [5.41, 5.74) is 1.76. The van der Waals surface area contributed by atoms with Gasteiger partial charge in [-0.15, -0.1) is 0 Å². The third kappa shape index (κ3) is 10.8. The highest BCUT2D eigenvalue weighted by Crippen LogP contribution is 2.37. The van der Waals surface area contributed by atoms with Crippen LogP contribution in [-0.2, 0) is 49.5 Å². The molecule has 2 aromatic rings. The Morgan fingerprint density at radius 1 is 1.10 bits per heavy atom. The molecule has 13 atom stereocenters. The molecule has 3 aliphatic rings. The van der Waals surface area contributed by atoms with Crippen LogP contribution in [0, 0.1) is 17.8 Å². The summed E-state index contributed by atoms with van der Waals surface area (Å²) in [6.45, 7) is 11.2. The van der Waals surface area contributed by atoms with E-state index in [0.717, 1.165) is 6.92 Å². The van der Waals surface area contributed by atoms with E-state index in [9.17, 15) is 24.6 Å². The lowest BCUT2D eigenvalue weighted by atomic mass is 9.76.